The lowest BCUT2D eigenvalue weighted by atomic mass is 10.2. The SMILES string of the molecule is CCc1ccc(Oc2nc(CO)co2)cc1. The number of aromatic nitrogens is 1. The van der Waals surface area contributed by atoms with Crippen LogP contribution in [0.15, 0.2) is 34.9 Å². The number of aliphatic hydroxyl groups is 1. The Morgan fingerprint density at radius 1 is 1.31 bits per heavy atom. The normalized spacial score (nSPS) is 10.4. The van der Waals surface area contributed by atoms with Crippen molar-refractivity contribution < 1.29 is 14.3 Å². The largest absolute Gasteiger partial charge is 0.417 e. The van der Waals surface area contributed by atoms with E-state index in [-0.39, 0.29) is 12.7 Å². The molecule has 16 heavy (non-hydrogen) atoms. The second-order valence-electron chi connectivity index (χ2n) is 3.36. The fourth-order valence-electron chi connectivity index (χ4n) is 1.30. The summed E-state index contributed by atoms with van der Waals surface area (Å²) in [4.78, 5) is 3.93. The predicted octanol–water partition coefficient (Wildman–Crippen LogP) is 2.52. The lowest BCUT2D eigenvalue weighted by Gasteiger charge is -2.01. The Bertz CT molecular complexity index is 448. The minimum absolute atomic E-state index is 0.147. The summed E-state index contributed by atoms with van der Waals surface area (Å²) in [5.74, 6) is 0.670. The quantitative estimate of drug-likeness (QED) is 0.858. The van der Waals surface area contributed by atoms with Gasteiger partial charge in [0.15, 0.2) is 0 Å². The highest BCUT2D eigenvalue weighted by atomic mass is 16.6. The van der Waals surface area contributed by atoms with Crippen LogP contribution in [0.4, 0.5) is 0 Å². The molecule has 0 aliphatic carbocycles. The molecule has 0 spiro atoms. The van der Waals surface area contributed by atoms with E-state index in [1.54, 1.807) is 0 Å². The second-order valence-corrected chi connectivity index (χ2v) is 3.36. The van der Waals surface area contributed by atoms with E-state index in [1.165, 1.54) is 11.8 Å². The maximum Gasteiger partial charge on any atom is 0.399 e. The van der Waals surface area contributed by atoms with Crippen LogP contribution in [0.5, 0.6) is 11.8 Å². The summed E-state index contributed by atoms with van der Waals surface area (Å²) < 4.78 is 10.4. The van der Waals surface area contributed by atoms with Crippen molar-refractivity contribution in [2.24, 2.45) is 0 Å². The second kappa shape index (κ2) is 4.81. The third-order valence-electron chi connectivity index (χ3n) is 2.23. The van der Waals surface area contributed by atoms with Gasteiger partial charge in [-0.25, -0.2) is 0 Å². The first-order valence-corrected chi connectivity index (χ1v) is 5.14. The molecule has 0 atom stereocenters. The average Bonchev–Trinajstić information content (AvgIpc) is 2.78. The van der Waals surface area contributed by atoms with Crippen molar-refractivity contribution >= 4 is 0 Å². The number of ether oxygens (including phenoxy) is 1. The average molecular weight is 219 g/mol. The highest BCUT2D eigenvalue weighted by Crippen LogP contribution is 2.21. The van der Waals surface area contributed by atoms with Crippen molar-refractivity contribution in [3.63, 3.8) is 0 Å². The molecule has 0 aliphatic heterocycles. The number of benzene rings is 1. The Kier molecular flexibility index (Phi) is 3.22. The first kappa shape index (κ1) is 10.7. The molecule has 0 bridgehead atoms. The number of oxazole rings is 1. The van der Waals surface area contributed by atoms with Gasteiger partial charge in [0.05, 0.1) is 6.61 Å². The maximum atomic E-state index is 8.81. The highest BCUT2D eigenvalue weighted by Gasteiger charge is 2.05. The molecule has 84 valence electrons. The first-order chi connectivity index (χ1) is 7.81. The molecule has 4 heteroatoms. The van der Waals surface area contributed by atoms with Crippen molar-refractivity contribution in [2.75, 3.05) is 0 Å². The summed E-state index contributed by atoms with van der Waals surface area (Å²) in [5.41, 5.74) is 1.70. The van der Waals surface area contributed by atoms with E-state index in [0.29, 0.717) is 11.4 Å². The number of hydrogen-bond acceptors (Lipinski definition) is 4. The summed E-state index contributed by atoms with van der Waals surface area (Å²) in [6, 6.07) is 7.71. The molecule has 0 saturated carbocycles. The van der Waals surface area contributed by atoms with Gasteiger partial charge < -0.3 is 14.3 Å². The van der Waals surface area contributed by atoms with E-state index < -0.39 is 0 Å². The van der Waals surface area contributed by atoms with E-state index in [4.69, 9.17) is 14.3 Å². The first-order valence-electron chi connectivity index (χ1n) is 5.14. The van der Waals surface area contributed by atoms with E-state index in [0.717, 1.165) is 6.42 Å². The van der Waals surface area contributed by atoms with Gasteiger partial charge in [0.2, 0.25) is 0 Å². The van der Waals surface area contributed by atoms with Crippen molar-refractivity contribution in [3.8, 4) is 11.8 Å². The van der Waals surface area contributed by atoms with E-state index in [2.05, 4.69) is 11.9 Å². The Hall–Kier alpha value is -1.81. The lowest BCUT2D eigenvalue weighted by molar-refractivity contribution is 0.276. The summed E-state index contributed by atoms with van der Waals surface area (Å²) in [6.45, 7) is 1.94. The maximum absolute atomic E-state index is 8.81. The number of aryl methyl sites for hydroxylation is 1. The summed E-state index contributed by atoms with van der Waals surface area (Å²) in [6.07, 6.45) is 2.51. The Labute approximate surface area is 93.5 Å². The van der Waals surface area contributed by atoms with Crippen LogP contribution < -0.4 is 4.74 Å². The van der Waals surface area contributed by atoms with Gasteiger partial charge in [0, 0.05) is 0 Å². The van der Waals surface area contributed by atoms with Crippen molar-refractivity contribution in [2.45, 2.75) is 20.0 Å². The van der Waals surface area contributed by atoms with Crippen LogP contribution in [0, 0.1) is 0 Å². The molecule has 4 nitrogen and oxygen atoms in total. The fourth-order valence-corrected chi connectivity index (χ4v) is 1.30. The van der Waals surface area contributed by atoms with Gasteiger partial charge in [0.1, 0.15) is 17.7 Å². The summed E-state index contributed by atoms with van der Waals surface area (Å²) >= 11 is 0. The van der Waals surface area contributed by atoms with Gasteiger partial charge in [0.25, 0.3) is 0 Å². The molecule has 0 fully saturated rings. The van der Waals surface area contributed by atoms with Crippen LogP contribution in [0.1, 0.15) is 18.2 Å². The zero-order chi connectivity index (χ0) is 11.4. The number of rotatable bonds is 4. The lowest BCUT2D eigenvalue weighted by Crippen LogP contribution is -1.87. The predicted molar refractivity (Wildman–Crippen MR) is 58.3 cm³/mol. The Morgan fingerprint density at radius 3 is 2.62 bits per heavy atom. The topological polar surface area (TPSA) is 55.5 Å². The van der Waals surface area contributed by atoms with Crippen molar-refractivity contribution in [3.05, 3.63) is 41.8 Å². The minimum atomic E-state index is -0.151. The van der Waals surface area contributed by atoms with Crippen molar-refractivity contribution in [1.82, 2.24) is 4.98 Å². The fraction of sp³-hybridized carbons (Fsp3) is 0.250. The molecule has 0 radical (unpaired) electrons. The van der Waals surface area contributed by atoms with Crippen molar-refractivity contribution in [1.29, 1.82) is 0 Å². The van der Waals surface area contributed by atoms with E-state index >= 15 is 0 Å². The smallest absolute Gasteiger partial charge is 0.399 e. The third kappa shape index (κ3) is 2.41. The molecule has 0 amide bonds. The zero-order valence-corrected chi connectivity index (χ0v) is 9.01. The molecule has 1 N–H and O–H groups in total. The number of nitrogens with zero attached hydrogens (tertiary/aromatic N) is 1. The number of aliphatic hydroxyl groups excluding tert-OH is 1. The molecular formula is C12H13NO3. The van der Waals surface area contributed by atoms with Crippen LogP contribution in [0.2, 0.25) is 0 Å². The number of hydrogen-bond donors (Lipinski definition) is 1. The summed E-state index contributed by atoms with van der Waals surface area (Å²) in [7, 11) is 0. The molecule has 0 saturated heterocycles. The van der Waals surface area contributed by atoms with Gasteiger partial charge >= 0.3 is 6.08 Å². The van der Waals surface area contributed by atoms with Gasteiger partial charge in [-0.3, -0.25) is 0 Å². The van der Waals surface area contributed by atoms with Crippen LogP contribution >= 0.6 is 0 Å². The monoisotopic (exact) mass is 219 g/mol. The van der Waals surface area contributed by atoms with Gasteiger partial charge in [-0.2, -0.15) is 4.98 Å². The van der Waals surface area contributed by atoms with Crippen LogP contribution in [0.3, 0.4) is 0 Å². The molecule has 0 unspecified atom stereocenters. The van der Waals surface area contributed by atoms with Gasteiger partial charge in [-0.05, 0) is 24.1 Å². The highest BCUT2D eigenvalue weighted by molar-refractivity contribution is 5.28. The summed E-state index contributed by atoms with van der Waals surface area (Å²) in [5, 5.41) is 8.81. The van der Waals surface area contributed by atoms with Gasteiger partial charge in [-0.15, -0.1) is 0 Å². The molecule has 0 aliphatic rings. The standard InChI is InChI=1S/C12H13NO3/c1-2-9-3-5-11(6-4-9)16-12-13-10(7-14)8-15-12/h3-6,8,14H,2,7H2,1H3. The van der Waals surface area contributed by atoms with Crippen LogP contribution in [-0.2, 0) is 13.0 Å². The molecular weight excluding hydrogens is 206 g/mol. The molecule has 2 aromatic rings. The van der Waals surface area contributed by atoms with Crippen LogP contribution in [0.25, 0.3) is 0 Å². The van der Waals surface area contributed by atoms with Crippen LogP contribution in [-0.4, -0.2) is 10.1 Å². The van der Waals surface area contributed by atoms with E-state index in [9.17, 15) is 0 Å². The molecule has 1 aromatic heterocycles. The third-order valence-corrected chi connectivity index (χ3v) is 2.23. The molecule has 2 rings (SSSR count). The van der Waals surface area contributed by atoms with E-state index in [1.807, 2.05) is 24.3 Å². The molecule has 1 aromatic carbocycles. The molecule has 1 heterocycles. The zero-order valence-electron chi connectivity index (χ0n) is 9.01. The Morgan fingerprint density at radius 2 is 2.06 bits per heavy atom. The Balaban J connectivity index is 2.08. The minimum Gasteiger partial charge on any atom is -0.417 e. The van der Waals surface area contributed by atoms with Gasteiger partial charge in [-0.1, -0.05) is 19.1 Å².